The van der Waals surface area contributed by atoms with Gasteiger partial charge in [0.15, 0.2) is 0 Å². The Morgan fingerprint density at radius 2 is 2.21 bits per heavy atom. The zero-order valence-corrected chi connectivity index (χ0v) is 11.9. The van der Waals surface area contributed by atoms with Gasteiger partial charge >= 0.3 is 0 Å². The highest BCUT2D eigenvalue weighted by molar-refractivity contribution is 9.10. The highest BCUT2D eigenvalue weighted by Crippen LogP contribution is 2.33. The molecule has 0 radical (unpaired) electrons. The number of piperidine rings is 1. The molecular weight excluding hydrogens is 310 g/mol. The fraction of sp³-hybridized carbons (Fsp3) is 0.308. The Labute approximate surface area is 118 Å². The van der Waals surface area contributed by atoms with Gasteiger partial charge in [-0.15, -0.1) is 0 Å². The molecule has 98 valence electrons. The average Bonchev–Trinajstić information content (AvgIpc) is 2.73. The Kier molecular flexibility index (Phi) is 2.89. The Morgan fingerprint density at radius 1 is 1.42 bits per heavy atom. The van der Waals surface area contributed by atoms with Gasteiger partial charge < -0.3 is 0 Å². The zero-order valence-electron chi connectivity index (χ0n) is 10.3. The minimum absolute atomic E-state index is 0.194. The third kappa shape index (κ3) is 2.06. The van der Waals surface area contributed by atoms with Gasteiger partial charge in [-0.05, 0) is 34.0 Å². The molecule has 0 aliphatic carbocycles. The van der Waals surface area contributed by atoms with Gasteiger partial charge in [0.2, 0.25) is 11.8 Å². The molecule has 2 heterocycles. The molecule has 5 nitrogen and oxygen atoms in total. The summed E-state index contributed by atoms with van der Waals surface area (Å²) in [5.74, 6) is -0.693. The van der Waals surface area contributed by atoms with Crippen LogP contribution in [0.5, 0.6) is 0 Å². The number of benzene rings is 1. The zero-order chi connectivity index (χ0) is 13.6. The lowest BCUT2D eigenvalue weighted by atomic mass is 9.89. The first-order chi connectivity index (χ1) is 9.06. The minimum atomic E-state index is -0.280. The van der Waals surface area contributed by atoms with Gasteiger partial charge in [0.25, 0.3) is 0 Å². The molecule has 0 bridgehead atoms. The lowest BCUT2D eigenvalue weighted by Crippen LogP contribution is -2.39. The predicted octanol–water partition coefficient (Wildman–Crippen LogP) is 1.86. The number of fused-ring (bicyclic) bond motifs is 1. The first-order valence-electron chi connectivity index (χ1n) is 6.01. The molecule has 1 aliphatic heterocycles. The molecule has 1 N–H and O–H groups in total. The smallest absolute Gasteiger partial charge is 0.234 e. The van der Waals surface area contributed by atoms with Crippen molar-refractivity contribution in [3.8, 4) is 0 Å². The molecule has 1 aromatic carbocycles. The first kappa shape index (κ1) is 12.3. The van der Waals surface area contributed by atoms with E-state index in [9.17, 15) is 9.59 Å². The molecule has 3 rings (SSSR count). The second-order valence-electron chi connectivity index (χ2n) is 4.71. The van der Waals surface area contributed by atoms with E-state index in [-0.39, 0.29) is 17.7 Å². The minimum Gasteiger partial charge on any atom is -0.296 e. The SMILES string of the molecule is Cn1cc2c(C3CCC(=O)NC3=O)ccc(Br)c2n1. The maximum absolute atomic E-state index is 12.0. The lowest BCUT2D eigenvalue weighted by Gasteiger charge is -2.21. The molecular formula is C13H12BrN3O2. The van der Waals surface area contributed by atoms with Crippen molar-refractivity contribution in [1.82, 2.24) is 15.1 Å². The molecule has 2 aromatic rings. The highest BCUT2D eigenvalue weighted by atomic mass is 79.9. The van der Waals surface area contributed by atoms with Crippen molar-refractivity contribution >= 4 is 38.6 Å². The summed E-state index contributed by atoms with van der Waals surface area (Å²) in [6.45, 7) is 0. The summed E-state index contributed by atoms with van der Waals surface area (Å²) in [7, 11) is 1.85. The largest absolute Gasteiger partial charge is 0.296 e. The van der Waals surface area contributed by atoms with Gasteiger partial charge in [0, 0.05) is 29.5 Å². The van der Waals surface area contributed by atoms with Crippen LogP contribution in [0.25, 0.3) is 10.9 Å². The van der Waals surface area contributed by atoms with E-state index in [0.29, 0.717) is 12.8 Å². The molecule has 1 aliphatic rings. The standard InChI is InChI=1S/C13H12BrN3O2/c1-17-6-9-7(2-4-10(14)12(9)16-17)8-3-5-11(18)15-13(8)19/h2,4,6,8H,3,5H2,1H3,(H,15,18,19). The third-order valence-electron chi connectivity index (χ3n) is 3.39. The Morgan fingerprint density at radius 3 is 2.95 bits per heavy atom. The van der Waals surface area contributed by atoms with Gasteiger partial charge in [0.1, 0.15) is 5.52 Å². The monoisotopic (exact) mass is 321 g/mol. The van der Waals surface area contributed by atoms with E-state index >= 15 is 0 Å². The number of aryl methyl sites for hydroxylation is 1. The van der Waals surface area contributed by atoms with Crippen LogP contribution in [0.15, 0.2) is 22.8 Å². The Hall–Kier alpha value is -1.69. The summed E-state index contributed by atoms with van der Waals surface area (Å²) in [4.78, 5) is 23.2. The molecule has 0 saturated carbocycles. The average molecular weight is 322 g/mol. The van der Waals surface area contributed by atoms with Gasteiger partial charge in [0.05, 0.1) is 5.92 Å². The van der Waals surface area contributed by atoms with Crippen LogP contribution in [-0.4, -0.2) is 21.6 Å². The molecule has 0 spiro atoms. The van der Waals surface area contributed by atoms with Crippen molar-refractivity contribution in [2.24, 2.45) is 7.05 Å². The van der Waals surface area contributed by atoms with Gasteiger partial charge in [-0.3, -0.25) is 19.6 Å². The van der Waals surface area contributed by atoms with Gasteiger partial charge in [-0.25, -0.2) is 0 Å². The van der Waals surface area contributed by atoms with Crippen LogP contribution in [0.1, 0.15) is 24.3 Å². The number of carbonyl (C=O) groups excluding carboxylic acids is 2. The van der Waals surface area contributed by atoms with E-state index in [0.717, 1.165) is 20.9 Å². The number of hydrogen-bond acceptors (Lipinski definition) is 3. The predicted molar refractivity (Wildman–Crippen MR) is 73.5 cm³/mol. The summed E-state index contributed by atoms with van der Waals surface area (Å²) in [6.07, 6.45) is 2.84. The van der Waals surface area contributed by atoms with Crippen LogP contribution in [0.2, 0.25) is 0 Å². The van der Waals surface area contributed by atoms with E-state index in [1.165, 1.54) is 0 Å². The fourth-order valence-corrected chi connectivity index (χ4v) is 2.93. The van der Waals surface area contributed by atoms with Crippen molar-refractivity contribution < 1.29 is 9.59 Å². The highest BCUT2D eigenvalue weighted by Gasteiger charge is 2.29. The maximum Gasteiger partial charge on any atom is 0.234 e. The summed E-state index contributed by atoms with van der Waals surface area (Å²) in [6, 6.07) is 3.82. The second-order valence-corrected chi connectivity index (χ2v) is 5.56. The molecule has 1 atom stereocenters. The third-order valence-corrected chi connectivity index (χ3v) is 4.03. The fourth-order valence-electron chi connectivity index (χ4n) is 2.50. The molecule has 1 saturated heterocycles. The van der Waals surface area contributed by atoms with E-state index in [1.54, 1.807) is 4.68 Å². The Bertz CT molecular complexity index is 692. The molecule has 19 heavy (non-hydrogen) atoms. The number of hydrogen-bond donors (Lipinski definition) is 1. The molecule has 1 fully saturated rings. The van der Waals surface area contributed by atoms with Gasteiger partial charge in [-0.2, -0.15) is 5.10 Å². The van der Waals surface area contributed by atoms with Crippen molar-refractivity contribution in [2.45, 2.75) is 18.8 Å². The van der Waals surface area contributed by atoms with Crippen LogP contribution in [-0.2, 0) is 16.6 Å². The van der Waals surface area contributed by atoms with Gasteiger partial charge in [-0.1, -0.05) is 6.07 Å². The van der Waals surface area contributed by atoms with E-state index < -0.39 is 0 Å². The number of imide groups is 1. The lowest BCUT2D eigenvalue weighted by molar-refractivity contribution is -0.134. The van der Waals surface area contributed by atoms with Crippen LogP contribution in [0, 0.1) is 0 Å². The van der Waals surface area contributed by atoms with E-state index in [4.69, 9.17) is 0 Å². The molecule has 6 heteroatoms. The summed E-state index contributed by atoms with van der Waals surface area (Å²) in [5.41, 5.74) is 1.76. The number of nitrogens with zero attached hydrogens (tertiary/aromatic N) is 2. The van der Waals surface area contributed by atoms with Crippen molar-refractivity contribution in [3.63, 3.8) is 0 Å². The first-order valence-corrected chi connectivity index (χ1v) is 6.81. The topological polar surface area (TPSA) is 64.0 Å². The molecule has 1 unspecified atom stereocenters. The Balaban J connectivity index is 2.12. The number of aromatic nitrogens is 2. The van der Waals surface area contributed by atoms with Crippen LogP contribution in [0.3, 0.4) is 0 Å². The number of nitrogens with one attached hydrogen (secondary N) is 1. The summed E-state index contributed by atoms with van der Waals surface area (Å²) in [5, 5.41) is 7.73. The number of amides is 2. The number of rotatable bonds is 1. The van der Waals surface area contributed by atoms with Crippen LogP contribution >= 0.6 is 15.9 Å². The molecule has 2 amide bonds. The van der Waals surface area contributed by atoms with Crippen molar-refractivity contribution in [2.75, 3.05) is 0 Å². The normalized spacial score (nSPS) is 19.8. The van der Waals surface area contributed by atoms with E-state index in [2.05, 4.69) is 26.3 Å². The second kappa shape index (κ2) is 4.45. The number of halogens is 1. The van der Waals surface area contributed by atoms with Crippen LogP contribution < -0.4 is 5.32 Å². The maximum atomic E-state index is 12.0. The summed E-state index contributed by atoms with van der Waals surface area (Å²) < 4.78 is 2.63. The summed E-state index contributed by atoms with van der Waals surface area (Å²) >= 11 is 3.46. The number of carbonyl (C=O) groups is 2. The van der Waals surface area contributed by atoms with Crippen molar-refractivity contribution in [3.05, 3.63) is 28.4 Å². The molecule has 1 aromatic heterocycles. The van der Waals surface area contributed by atoms with E-state index in [1.807, 2.05) is 25.4 Å². The van der Waals surface area contributed by atoms with Crippen molar-refractivity contribution in [1.29, 1.82) is 0 Å². The quantitative estimate of drug-likeness (QED) is 0.815. The van der Waals surface area contributed by atoms with Crippen LogP contribution in [0.4, 0.5) is 0 Å².